The van der Waals surface area contributed by atoms with Crippen LogP contribution in [0, 0.1) is 0 Å². The van der Waals surface area contributed by atoms with Crippen molar-refractivity contribution in [2.24, 2.45) is 5.10 Å². The van der Waals surface area contributed by atoms with Crippen LogP contribution in [0.2, 0.25) is 5.02 Å². The number of hydrogen-bond acceptors (Lipinski definition) is 4. The summed E-state index contributed by atoms with van der Waals surface area (Å²) in [6, 6.07) is 15.1. The van der Waals surface area contributed by atoms with E-state index in [-0.39, 0.29) is 18.0 Å². The summed E-state index contributed by atoms with van der Waals surface area (Å²) in [6.45, 7) is 3.83. The highest BCUT2D eigenvalue weighted by molar-refractivity contribution is 7.89. The van der Waals surface area contributed by atoms with Gasteiger partial charge in [-0.25, -0.2) is 13.8 Å². The molecule has 0 aliphatic carbocycles. The molecule has 162 valence electrons. The number of sulfonamides is 1. The van der Waals surface area contributed by atoms with Crippen molar-refractivity contribution in [2.45, 2.75) is 51.0 Å². The molecule has 0 heterocycles. The third-order valence-corrected chi connectivity index (χ3v) is 6.45. The van der Waals surface area contributed by atoms with Gasteiger partial charge in [0.2, 0.25) is 10.0 Å². The quantitative estimate of drug-likeness (QED) is 0.402. The van der Waals surface area contributed by atoms with Crippen LogP contribution in [0.4, 0.5) is 0 Å². The summed E-state index contributed by atoms with van der Waals surface area (Å²) in [5.74, 6) is -0.479. The Labute approximate surface area is 184 Å². The Morgan fingerprint density at radius 2 is 1.60 bits per heavy atom. The number of rotatable bonds is 11. The van der Waals surface area contributed by atoms with Crippen molar-refractivity contribution in [3.63, 3.8) is 0 Å². The number of hydrogen-bond donors (Lipinski definition) is 1. The molecule has 0 saturated heterocycles. The second-order valence-electron chi connectivity index (χ2n) is 6.93. The van der Waals surface area contributed by atoms with Crippen LogP contribution in [0.15, 0.2) is 64.6 Å². The second-order valence-corrected chi connectivity index (χ2v) is 9.30. The first-order valence-corrected chi connectivity index (χ1v) is 11.8. The number of nitrogens with zero attached hydrogens (tertiary/aromatic N) is 2. The van der Waals surface area contributed by atoms with E-state index in [0.29, 0.717) is 5.02 Å². The fraction of sp³-hybridized carbons (Fsp3) is 0.364. The number of carbonyl (C=O) groups excluding carboxylic acids is 1. The van der Waals surface area contributed by atoms with Gasteiger partial charge in [-0.05, 0) is 42.7 Å². The summed E-state index contributed by atoms with van der Waals surface area (Å²) in [7, 11) is -3.90. The van der Waals surface area contributed by atoms with Crippen LogP contribution in [0.5, 0.6) is 0 Å². The first-order valence-electron chi connectivity index (χ1n) is 10.0. The molecule has 0 bridgehead atoms. The van der Waals surface area contributed by atoms with Gasteiger partial charge in [-0.15, -0.1) is 0 Å². The van der Waals surface area contributed by atoms with Crippen molar-refractivity contribution in [1.29, 1.82) is 0 Å². The van der Waals surface area contributed by atoms with E-state index < -0.39 is 15.9 Å². The van der Waals surface area contributed by atoms with Crippen LogP contribution in [0.1, 0.15) is 45.1 Å². The highest BCUT2D eigenvalue weighted by Gasteiger charge is 2.27. The van der Waals surface area contributed by atoms with E-state index in [1.165, 1.54) is 24.3 Å². The summed E-state index contributed by atoms with van der Waals surface area (Å²) in [5, 5.41) is 4.65. The Bertz CT molecular complexity index is 937. The molecule has 1 amide bonds. The Balaban J connectivity index is 2.24. The molecule has 0 radical (unpaired) electrons. The fourth-order valence-corrected chi connectivity index (χ4v) is 4.43. The number of nitrogens with one attached hydrogen (secondary N) is 1. The van der Waals surface area contributed by atoms with Gasteiger partial charge in [0.25, 0.3) is 5.91 Å². The van der Waals surface area contributed by atoms with Crippen LogP contribution in [-0.2, 0) is 21.4 Å². The molecule has 1 N–H and O–H groups in total. The van der Waals surface area contributed by atoms with Gasteiger partial charge < -0.3 is 0 Å². The molecule has 30 heavy (non-hydrogen) atoms. The molecule has 6 nitrogen and oxygen atoms in total. The van der Waals surface area contributed by atoms with Crippen molar-refractivity contribution in [1.82, 2.24) is 9.73 Å². The summed E-state index contributed by atoms with van der Waals surface area (Å²) < 4.78 is 27.5. The Kier molecular flexibility index (Phi) is 9.49. The molecular formula is C22H28ClN3O3S. The highest BCUT2D eigenvalue weighted by Crippen LogP contribution is 2.20. The van der Waals surface area contributed by atoms with Crippen molar-refractivity contribution >= 4 is 33.2 Å². The summed E-state index contributed by atoms with van der Waals surface area (Å²) in [6.07, 6.45) is 3.45. The van der Waals surface area contributed by atoms with Crippen molar-refractivity contribution in [2.75, 3.05) is 6.54 Å². The Morgan fingerprint density at radius 1 is 1.00 bits per heavy atom. The van der Waals surface area contributed by atoms with E-state index in [1.807, 2.05) is 44.2 Å². The summed E-state index contributed by atoms with van der Waals surface area (Å²) in [5.41, 5.74) is 4.21. The summed E-state index contributed by atoms with van der Waals surface area (Å²) >= 11 is 5.89. The van der Waals surface area contributed by atoms with Crippen molar-refractivity contribution in [3.05, 3.63) is 65.2 Å². The maximum Gasteiger partial charge on any atom is 0.255 e. The maximum absolute atomic E-state index is 13.2. The molecule has 0 unspecified atom stereocenters. The molecule has 0 aromatic heterocycles. The van der Waals surface area contributed by atoms with Gasteiger partial charge in [-0.2, -0.15) is 9.41 Å². The zero-order chi connectivity index (χ0) is 22.0. The molecule has 0 saturated carbocycles. The smallest absolute Gasteiger partial charge is 0.255 e. The first-order chi connectivity index (χ1) is 14.4. The molecule has 2 aromatic rings. The number of halogens is 1. The average molecular weight is 450 g/mol. The van der Waals surface area contributed by atoms with Gasteiger partial charge >= 0.3 is 0 Å². The lowest BCUT2D eigenvalue weighted by molar-refractivity contribution is -0.121. The minimum atomic E-state index is -3.90. The monoisotopic (exact) mass is 449 g/mol. The van der Waals surface area contributed by atoms with Crippen LogP contribution < -0.4 is 5.43 Å². The predicted molar refractivity (Wildman–Crippen MR) is 121 cm³/mol. The van der Waals surface area contributed by atoms with Gasteiger partial charge in [-0.1, -0.05) is 68.6 Å². The van der Waals surface area contributed by atoms with E-state index in [1.54, 1.807) is 0 Å². The van der Waals surface area contributed by atoms with Gasteiger partial charge in [-0.3, -0.25) is 4.79 Å². The average Bonchev–Trinajstić information content (AvgIpc) is 2.73. The molecule has 2 rings (SSSR count). The van der Waals surface area contributed by atoms with E-state index >= 15 is 0 Å². The van der Waals surface area contributed by atoms with E-state index in [4.69, 9.17) is 11.6 Å². The lowest BCUT2D eigenvalue weighted by Crippen LogP contribution is -2.39. The van der Waals surface area contributed by atoms with Crippen LogP contribution in [0.25, 0.3) is 0 Å². The molecular weight excluding hydrogens is 422 g/mol. The lowest BCUT2D eigenvalue weighted by atomic mass is 10.1. The first kappa shape index (κ1) is 24.1. The molecule has 0 spiro atoms. The molecule has 2 aromatic carbocycles. The number of carbonyl (C=O) groups is 1. The van der Waals surface area contributed by atoms with E-state index in [0.717, 1.165) is 41.3 Å². The normalized spacial score (nSPS) is 11.3. The Hall–Kier alpha value is -2.22. The number of amides is 1. The lowest BCUT2D eigenvalue weighted by Gasteiger charge is -2.21. The van der Waals surface area contributed by atoms with Crippen LogP contribution in [0.3, 0.4) is 0 Å². The second kappa shape index (κ2) is 11.8. The third kappa shape index (κ3) is 7.23. The van der Waals surface area contributed by atoms with Crippen molar-refractivity contribution < 1.29 is 13.2 Å². The molecule has 0 fully saturated rings. The van der Waals surface area contributed by atoms with Gasteiger partial charge in [0.15, 0.2) is 0 Å². The summed E-state index contributed by atoms with van der Waals surface area (Å²) in [4.78, 5) is 12.6. The molecule has 0 atom stereocenters. The highest BCUT2D eigenvalue weighted by atomic mass is 35.5. The van der Waals surface area contributed by atoms with Gasteiger partial charge in [0, 0.05) is 17.3 Å². The van der Waals surface area contributed by atoms with Gasteiger partial charge in [0.1, 0.15) is 0 Å². The number of hydrazone groups is 1. The maximum atomic E-state index is 13.2. The van der Waals surface area contributed by atoms with Gasteiger partial charge in [0.05, 0.1) is 11.4 Å². The third-order valence-electron chi connectivity index (χ3n) is 4.39. The SMILES string of the molecule is CCCC(CCC)=NNC(=O)CN(Cc1ccccc1)S(=O)(=O)c1ccc(Cl)cc1. The van der Waals surface area contributed by atoms with E-state index in [9.17, 15) is 13.2 Å². The zero-order valence-corrected chi connectivity index (χ0v) is 18.9. The Morgan fingerprint density at radius 3 is 2.17 bits per heavy atom. The molecule has 0 aliphatic rings. The fourth-order valence-electron chi connectivity index (χ4n) is 2.92. The standard InChI is InChI=1S/C22H28ClN3O3S/c1-3-8-20(9-4-2)24-25-22(27)17-26(16-18-10-6-5-7-11-18)30(28,29)21-14-12-19(23)13-15-21/h5-7,10-15H,3-4,8-9,16-17H2,1-2H3,(H,25,27). The van der Waals surface area contributed by atoms with Crippen LogP contribution in [-0.4, -0.2) is 30.9 Å². The number of benzene rings is 2. The van der Waals surface area contributed by atoms with Crippen LogP contribution >= 0.6 is 11.6 Å². The van der Waals surface area contributed by atoms with E-state index in [2.05, 4.69) is 10.5 Å². The molecule has 8 heteroatoms. The predicted octanol–water partition coefficient (Wildman–Crippen LogP) is 4.60. The van der Waals surface area contributed by atoms with Crippen molar-refractivity contribution in [3.8, 4) is 0 Å². The molecule has 0 aliphatic heterocycles. The zero-order valence-electron chi connectivity index (χ0n) is 17.3. The largest absolute Gasteiger partial charge is 0.272 e. The topological polar surface area (TPSA) is 78.8 Å². The minimum absolute atomic E-state index is 0.0692. The minimum Gasteiger partial charge on any atom is -0.272 e.